The summed E-state index contributed by atoms with van der Waals surface area (Å²) in [6.07, 6.45) is 6.60. The quantitative estimate of drug-likeness (QED) is 0.490. The number of primary amides is 1. The zero-order valence-electron chi connectivity index (χ0n) is 5.06. The minimum absolute atomic E-state index is 0.475. The molecule has 1 rings (SSSR count). The Morgan fingerprint density at radius 2 is 2.40 bits per heavy atom. The molecule has 0 aromatic rings. The molecule has 0 unspecified atom stereocenters. The third-order valence-electron chi connectivity index (χ3n) is 0.943. The molecule has 1 radical (unpaired) electrons. The minimum atomic E-state index is -0.764. The molecule has 5 nitrogen and oxygen atoms in total. The molecule has 0 saturated carbocycles. The topological polar surface area (TPSA) is 69.8 Å². The number of hydrogen-bond acceptors (Lipinski definition) is 3. The van der Waals surface area contributed by atoms with Crippen molar-refractivity contribution in [3.63, 3.8) is 0 Å². The van der Waals surface area contributed by atoms with Gasteiger partial charge in [-0.3, -0.25) is 5.21 Å². The number of carbonyl (C=O) groups excluding carboxylic acids is 1. The number of hydrogen-bond donors (Lipinski definition) is 2. The van der Waals surface area contributed by atoms with Crippen molar-refractivity contribution in [3.8, 4) is 0 Å². The first-order valence-corrected chi connectivity index (χ1v) is 2.55. The van der Waals surface area contributed by atoms with Crippen molar-refractivity contribution in [1.29, 1.82) is 0 Å². The average Bonchev–Trinajstić information content (AvgIpc) is 1.88. The summed E-state index contributed by atoms with van der Waals surface area (Å²) < 4.78 is 0. The molecule has 0 fully saturated rings. The number of amides is 2. The largest absolute Gasteiger partial charge is 0.350 e. The summed E-state index contributed by atoms with van der Waals surface area (Å²) in [6.45, 7) is 0. The second kappa shape index (κ2) is 2.40. The lowest BCUT2D eigenvalue weighted by Crippen LogP contribution is -2.42. The molecule has 53 valence electrons. The molecule has 0 aromatic heterocycles. The molecule has 5 heteroatoms. The van der Waals surface area contributed by atoms with Crippen LogP contribution in [0.3, 0.4) is 0 Å². The van der Waals surface area contributed by atoms with Gasteiger partial charge in [0.15, 0.2) is 0 Å². The Morgan fingerprint density at radius 1 is 1.70 bits per heavy atom. The summed E-state index contributed by atoms with van der Waals surface area (Å²) in [5.41, 5.74) is 4.84. The van der Waals surface area contributed by atoms with E-state index in [0.29, 0.717) is 5.17 Å². The zero-order chi connectivity index (χ0) is 7.56. The van der Waals surface area contributed by atoms with E-state index in [1.54, 1.807) is 0 Å². The minimum Gasteiger partial charge on any atom is -0.350 e. The SMILES string of the molecule is NC(=O)N1C=CC=[C]N1O. The van der Waals surface area contributed by atoms with Crippen LogP contribution in [0.15, 0.2) is 18.4 Å². The highest BCUT2D eigenvalue weighted by Crippen LogP contribution is 2.00. The molecule has 0 atom stereocenters. The van der Waals surface area contributed by atoms with Crippen LogP contribution in [0, 0.1) is 6.20 Å². The Morgan fingerprint density at radius 3 is 2.80 bits per heavy atom. The summed E-state index contributed by atoms with van der Waals surface area (Å²) in [4.78, 5) is 10.4. The Kier molecular flexibility index (Phi) is 1.59. The van der Waals surface area contributed by atoms with E-state index in [0.717, 1.165) is 5.01 Å². The number of nitrogens with two attached hydrogens (primary N) is 1. The second-order valence-corrected chi connectivity index (χ2v) is 1.61. The molecule has 3 N–H and O–H groups in total. The second-order valence-electron chi connectivity index (χ2n) is 1.61. The van der Waals surface area contributed by atoms with Gasteiger partial charge in [-0.2, -0.15) is 10.2 Å². The van der Waals surface area contributed by atoms with Crippen molar-refractivity contribution >= 4 is 6.03 Å². The smallest absolute Gasteiger partial charge is 0.339 e. The fourth-order valence-electron chi connectivity index (χ4n) is 0.526. The number of hydroxylamine groups is 1. The van der Waals surface area contributed by atoms with Crippen molar-refractivity contribution in [2.24, 2.45) is 5.73 Å². The van der Waals surface area contributed by atoms with Crippen LogP contribution < -0.4 is 5.73 Å². The summed E-state index contributed by atoms with van der Waals surface area (Å²) in [6, 6.07) is -0.764. The lowest BCUT2D eigenvalue weighted by Gasteiger charge is -2.23. The molecule has 1 aliphatic rings. The van der Waals surface area contributed by atoms with Crippen LogP contribution in [0.25, 0.3) is 0 Å². The number of allylic oxidation sites excluding steroid dienone is 2. The van der Waals surface area contributed by atoms with Gasteiger partial charge in [0.2, 0.25) is 0 Å². The molecule has 0 saturated heterocycles. The lowest BCUT2D eigenvalue weighted by atomic mass is 10.5. The Hall–Kier alpha value is -1.49. The third kappa shape index (κ3) is 1.08. The Labute approximate surface area is 57.6 Å². The van der Waals surface area contributed by atoms with E-state index in [9.17, 15) is 4.79 Å². The summed E-state index contributed by atoms with van der Waals surface area (Å²) in [5, 5.41) is 10.1. The van der Waals surface area contributed by atoms with Gasteiger partial charge >= 0.3 is 6.03 Å². The van der Waals surface area contributed by atoms with E-state index < -0.39 is 6.03 Å². The molecule has 0 aromatic carbocycles. The first-order valence-electron chi connectivity index (χ1n) is 2.55. The molecule has 0 spiro atoms. The van der Waals surface area contributed by atoms with Crippen LogP contribution in [-0.2, 0) is 0 Å². The van der Waals surface area contributed by atoms with Gasteiger partial charge in [-0.25, -0.2) is 4.79 Å². The van der Waals surface area contributed by atoms with Crippen molar-refractivity contribution in [3.05, 3.63) is 24.6 Å². The molecule has 0 aliphatic carbocycles. The van der Waals surface area contributed by atoms with E-state index in [4.69, 9.17) is 10.9 Å². The highest BCUT2D eigenvalue weighted by Gasteiger charge is 2.12. The first kappa shape index (κ1) is 6.63. The maximum atomic E-state index is 10.4. The molecular formula is C5H6N3O2. The van der Waals surface area contributed by atoms with Crippen LogP contribution in [0.2, 0.25) is 0 Å². The molecule has 0 bridgehead atoms. The Balaban J connectivity index is 2.70. The number of nitrogens with zero attached hydrogens (tertiary/aromatic N) is 2. The van der Waals surface area contributed by atoms with Gasteiger partial charge in [0.25, 0.3) is 0 Å². The third-order valence-corrected chi connectivity index (χ3v) is 0.943. The van der Waals surface area contributed by atoms with Crippen molar-refractivity contribution in [1.82, 2.24) is 10.2 Å². The number of carbonyl (C=O) groups is 1. The van der Waals surface area contributed by atoms with E-state index in [1.807, 2.05) is 0 Å². The van der Waals surface area contributed by atoms with Gasteiger partial charge in [-0.15, -0.1) is 0 Å². The lowest BCUT2D eigenvalue weighted by molar-refractivity contribution is -0.165. The molecule has 2 amide bonds. The van der Waals surface area contributed by atoms with E-state index >= 15 is 0 Å². The predicted molar refractivity (Wildman–Crippen MR) is 32.0 cm³/mol. The maximum Gasteiger partial charge on any atom is 0.339 e. The van der Waals surface area contributed by atoms with Crippen LogP contribution in [0.1, 0.15) is 0 Å². The fourth-order valence-corrected chi connectivity index (χ4v) is 0.526. The molecule has 1 aliphatic heterocycles. The summed E-state index contributed by atoms with van der Waals surface area (Å²) >= 11 is 0. The van der Waals surface area contributed by atoms with E-state index in [2.05, 4.69) is 6.20 Å². The van der Waals surface area contributed by atoms with E-state index in [-0.39, 0.29) is 0 Å². The summed E-state index contributed by atoms with van der Waals surface area (Å²) in [7, 11) is 0. The van der Waals surface area contributed by atoms with Crippen LogP contribution in [0.5, 0.6) is 0 Å². The first-order chi connectivity index (χ1) is 4.72. The van der Waals surface area contributed by atoms with Crippen LogP contribution in [-0.4, -0.2) is 21.4 Å². The highest BCUT2D eigenvalue weighted by atomic mass is 16.6. The van der Waals surface area contributed by atoms with Gasteiger partial charge in [-0.05, 0) is 12.2 Å². The monoisotopic (exact) mass is 140 g/mol. The molecular weight excluding hydrogens is 134 g/mol. The van der Waals surface area contributed by atoms with Gasteiger partial charge in [0, 0.05) is 6.20 Å². The number of rotatable bonds is 0. The standard InChI is InChI=1S/C5H6N3O2/c6-5(9)7-3-1-2-4-8(7)10/h1-3,10H,(H2,6,9). The maximum absolute atomic E-state index is 10.4. The highest BCUT2D eigenvalue weighted by molar-refractivity contribution is 5.72. The predicted octanol–water partition coefficient (Wildman–Crippen LogP) is -0.183. The average molecular weight is 140 g/mol. The van der Waals surface area contributed by atoms with Crippen molar-refractivity contribution in [2.75, 3.05) is 0 Å². The van der Waals surface area contributed by atoms with Gasteiger partial charge in [0.05, 0.1) is 0 Å². The molecule has 10 heavy (non-hydrogen) atoms. The normalized spacial score (nSPS) is 16.1. The van der Waals surface area contributed by atoms with Gasteiger partial charge in [-0.1, -0.05) is 0 Å². The zero-order valence-corrected chi connectivity index (χ0v) is 5.06. The number of urea groups is 1. The van der Waals surface area contributed by atoms with Crippen LogP contribution >= 0.6 is 0 Å². The van der Waals surface area contributed by atoms with E-state index in [1.165, 1.54) is 18.4 Å². The fraction of sp³-hybridized carbons (Fsp3) is 0. The molecule has 1 heterocycles. The van der Waals surface area contributed by atoms with Gasteiger partial charge in [0.1, 0.15) is 6.20 Å². The van der Waals surface area contributed by atoms with Crippen molar-refractivity contribution < 1.29 is 10.0 Å². The Bertz CT molecular complexity index is 199. The van der Waals surface area contributed by atoms with Crippen LogP contribution in [0.4, 0.5) is 4.79 Å². The summed E-state index contributed by atoms with van der Waals surface area (Å²) in [5.74, 6) is 0. The number of hydrazine groups is 1. The van der Waals surface area contributed by atoms with Crippen molar-refractivity contribution in [2.45, 2.75) is 0 Å². The van der Waals surface area contributed by atoms with Gasteiger partial charge < -0.3 is 5.73 Å².